The minimum atomic E-state index is -4.18. The van der Waals surface area contributed by atoms with Gasteiger partial charge in [0.1, 0.15) is 10.7 Å². The molecule has 7 heteroatoms. The van der Waals surface area contributed by atoms with Gasteiger partial charge in [0.25, 0.3) is 10.0 Å². The summed E-state index contributed by atoms with van der Waals surface area (Å²) in [6.07, 6.45) is 0. The second-order valence-corrected chi connectivity index (χ2v) is 6.02. The van der Waals surface area contributed by atoms with E-state index in [-0.39, 0.29) is 17.2 Å². The Morgan fingerprint density at radius 1 is 1.19 bits per heavy atom. The van der Waals surface area contributed by atoms with Gasteiger partial charge in [0.2, 0.25) is 0 Å². The number of ketones is 1. The number of benzene rings is 2. The maximum atomic E-state index is 13.7. The first-order valence-corrected chi connectivity index (χ1v) is 7.47. The van der Waals surface area contributed by atoms with E-state index in [1.165, 1.54) is 37.3 Å². The Kier molecular flexibility index (Phi) is 3.95. The molecule has 3 N–H and O–H groups in total. The maximum Gasteiger partial charge on any atom is 0.266 e. The van der Waals surface area contributed by atoms with Gasteiger partial charge in [0.05, 0.1) is 5.69 Å². The number of hydrogen-bond acceptors (Lipinski definition) is 4. The van der Waals surface area contributed by atoms with Crippen LogP contribution < -0.4 is 10.5 Å². The number of nitrogens with two attached hydrogens (primary N) is 1. The van der Waals surface area contributed by atoms with Crippen molar-refractivity contribution in [2.45, 2.75) is 11.8 Å². The number of sulfonamides is 1. The van der Waals surface area contributed by atoms with Gasteiger partial charge >= 0.3 is 0 Å². The van der Waals surface area contributed by atoms with Gasteiger partial charge < -0.3 is 5.73 Å². The lowest BCUT2D eigenvalue weighted by atomic mass is 10.1. The summed E-state index contributed by atoms with van der Waals surface area (Å²) in [6.45, 7) is 1.36. The molecular weight excluding hydrogens is 295 g/mol. The van der Waals surface area contributed by atoms with Gasteiger partial charge in [-0.3, -0.25) is 9.52 Å². The molecule has 0 aliphatic carbocycles. The molecule has 5 nitrogen and oxygen atoms in total. The molecule has 0 aliphatic rings. The van der Waals surface area contributed by atoms with E-state index < -0.39 is 20.7 Å². The molecule has 0 unspecified atom stereocenters. The summed E-state index contributed by atoms with van der Waals surface area (Å²) in [6, 6.07) is 9.54. The molecule has 0 spiro atoms. The minimum absolute atomic E-state index is 0.158. The average molecular weight is 308 g/mol. The highest BCUT2D eigenvalue weighted by Gasteiger charge is 2.22. The molecule has 0 aliphatic heterocycles. The molecule has 0 bridgehead atoms. The molecule has 0 saturated heterocycles. The van der Waals surface area contributed by atoms with Crippen LogP contribution in [0.5, 0.6) is 0 Å². The normalized spacial score (nSPS) is 11.1. The highest BCUT2D eigenvalue weighted by atomic mass is 32.2. The van der Waals surface area contributed by atoms with Crippen molar-refractivity contribution in [2.75, 3.05) is 10.5 Å². The Hall–Kier alpha value is -2.41. The Morgan fingerprint density at radius 3 is 2.48 bits per heavy atom. The van der Waals surface area contributed by atoms with Crippen molar-refractivity contribution in [3.63, 3.8) is 0 Å². The zero-order chi connectivity index (χ0) is 15.6. The van der Waals surface area contributed by atoms with E-state index in [4.69, 9.17) is 5.73 Å². The van der Waals surface area contributed by atoms with Gasteiger partial charge in [-0.2, -0.15) is 0 Å². The number of carbonyl (C=O) groups excluding carboxylic acids is 1. The first-order valence-electron chi connectivity index (χ1n) is 5.99. The van der Waals surface area contributed by atoms with E-state index >= 15 is 0 Å². The Balaban J connectivity index is 2.43. The predicted octanol–water partition coefficient (Wildman–Crippen LogP) is 2.41. The maximum absolute atomic E-state index is 13.7. The molecule has 0 atom stereocenters. The van der Waals surface area contributed by atoms with Gasteiger partial charge in [-0.25, -0.2) is 12.8 Å². The van der Waals surface area contributed by atoms with Crippen molar-refractivity contribution in [1.82, 2.24) is 0 Å². The first kappa shape index (κ1) is 15.0. The molecule has 2 rings (SSSR count). The third kappa shape index (κ3) is 3.19. The third-order valence-corrected chi connectivity index (χ3v) is 4.26. The number of nitrogen functional groups attached to an aromatic ring is 1. The third-order valence-electron chi connectivity index (χ3n) is 2.79. The summed E-state index contributed by atoms with van der Waals surface area (Å²) in [7, 11) is -4.18. The van der Waals surface area contributed by atoms with Crippen molar-refractivity contribution >= 4 is 27.2 Å². The molecule has 0 heterocycles. The van der Waals surface area contributed by atoms with E-state index in [1.54, 1.807) is 6.07 Å². The topological polar surface area (TPSA) is 89.3 Å². The highest BCUT2D eigenvalue weighted by Crippen LogP contribution is 2.24. The lowest BCUT2D eigenvalue weighted by Gasteiger charge is -2.11. The Bertz CT molecular complexity index is 783. The van der Waals surface area contributed by atoms with Crippen LogP contribution in [0.4, 0.5) is 15.8 Å². The number of rotatable bonds is 4. The van der Waals surface area contributed by atoms with Gasteiger partial charge in [-0.05, 0) is 31.2 Å². The predicted molar refractivity (Wildman–Crippen MR) is 78.1 cm³/mol. The highest BCUT2D eigenvalue weighted by molar-refractivity contribution is 7.92. The number of halogens is 1. The Labute approximate surface area is 121 Å². The summed E-state index contributed by atoms with van der Waals surface area (Å²) in [5.74, 6) is -1.15. The molecule has 0 radical (unpaired) electrons. The van der Waals surface area contributed by atoms with Crippen LogP contribution in [0.2, 0.25) is 0 Å². The largest absolute Gasteiger partial charge is 0.398 e. The van der Waals surface area contributed by atoms with Crippen molar-refractivity contribution in [3.8, 4) is 0 Å². The monoisotopic (exact) mass is 308 g/mol. The fourth-order valence-electron chi connectivity index (χ4n) is 1.82. The van der Waals surface area contributed by atoms with Gasteiger partial charge in [-0.15, -0.1) is 0 Å². The zero-order valence-electron chi connectivity index (χ0n) is 11.1. The van der Waals surface area contributed by atoms with Gasteiger partial charge in [0, 0.05) is 11.3 Å². The van der Waals surface area contributed by atoms with Crippen LogP contribution in [0.3, 0.4) is 0 Å². The zero-order valence-corrected chi connectivity index (χ0v) is 11.9. The molecule has 110 valence electrons. The van der Waals surface area contributed by atoms with E-state index in [9.17, 15) is 17.6 Å². The second kappa shape index (κ2) is 5.53. The average Bonchev–Trinajstić information content (AvgIpc) is 2.37. The SMILES string of the molecule is CC(=O)c1cccc(NS(=O)(=O)c2c(N)cccc2F)c1. The molecule has 0 aromatic heterocycles. The fraction of sp³-hybridized carbons (Fsp3) is 0.0714. The van der Waals surface area contributed by atoms with Crippen LogP contribution in [0, 0.1) is 5.82 Å². The van der Waals surface area contributed by atoms with Crippen molar-refractivity contribution in [3.05, 3.63) is 53.8 Å². The summed E-state index contributed by atoms with van der Waals surface area (Å²) in [5.41, 5.74) is 5.84. The number of anilines is 2. The quantitative estimate of drug-likeness (QED) is 0.670. The van der Waals surface area contributed by atoms with Crippen LogP contribution in [0.25, 0.3) is 0 Å². The lowest BCUT2D eigenvalue weighted by molar-refractivity contribution is 0.101. The van der Waals surface area contributed by atoms with Crippen LogP contribution in [0.1, 0.15) is 17.3 Å². The standard InChI is InChI=1S/C14H13FN2O3S/c1-9(18)10-4-2-5-11(8-10)17-21(19,20)14-12(15)6-3-7-13(14)16/h2-8,17H,16H2,1H3. The first-order chi connectivity index (χ1) is 9.81. The number of carbonyl (C=O) groups is 1. The lowest BCUT2D eigenvalue weighted by Crippen LogP contribution is -2.16. The van der Waals surface area contributed by atoms with Crippen molar-refractivity contribution < 1.29 is 17.6 Å². The van der Waals surface area contributed by atoms with Crippen LogP contribution in [0.15, 0.2) is 47.4 Å². The number of Topliss-reactive ketones (excluding diaryl/α,β-unsaturated/α-hetero) is 1. The van der Waals surface area contributed by atoms with Crippen LogP contribution in [-0.2, 0) is 10.0 Å². The molecule has 21 heavy (non-hydrogen) atoms. The number of nitrogens with one attached hydrogen (secondary N) is 1. The van der Waals surface area contributed by atoms with Gasteiger partial charge in [-0.1, -0.05) is 18.2 Å². The smallest absolute Gasteiger partial charge is 0.266 e. The number of hydrogen-bond donors (Lipinski definition) is 2. The van der Waals surface area contributed by atoms with E-state index in [0.717, 1.165) is 6.07 Å². The van der Waals surface area contributed by atoms with Crippen LogP contribution in [-0.4, -0.2) is 14.2 Å². The summed E-state index contributed by atoms with van der Waals surface area (Å²) >= 11 is 0. The minimum Gasteiger partial charge on any atom is -0.398 e. The fourth-order valence-corrected chi connectivity index (χ4v) is 3.06. The molecular formula is C14H13FN2O3S. The molecule has 0 saturated carbocycles. The summed E-state index contributed by atoms with van der Waals surface area (Å²) in [5, 5.41) is 0. The van der Waals surface area contributed by atoms with E-state index in [0.29, 0.717) is 5.56 Å². The van der Waals surface area contributed by atoms with E-state index in [2.05, 4.69) is 4.72 Å². The summed E-state index contributed by atoms with van der Waals surface area (Å²) in [4.78, 5) is 10.7. The Morgan fingerprint density at radius 2 is 1.86 bits per heavy atom. The van der Waals surface area contributed by atoms with Crippen LogP contribution >= 0.6 is 0 Å². The molecule has 2 aromatic carbocycles. The van der Waals surface area contributed by atoms with Crippen molar-refractivity contribution in [2.24, 2.45) is 0 Å². The molecule has 2 aromatic rings. The molecule has 0 fully saturated rings. The van der Waals surface area contributed by atoms with Gasteiger partial charge in [0.15, 0.2) is 5.78 Å². The van der Waals surface area contributed by atoms with Crippen molar-refractivity contribution in [1.29, 1.82) is 0 Å². The second-order valence-electron chi connectivity index (χ2n) is 4.40. The summed E-state index contributed by atoms with van der Waals surface area (Å²) < 4.78 is 40.3. The van der Waals surface area contributed by atoms with E-state index in [1.807, 2.05) is 0 Å². The molecule has 0 amide bonds.